The van der Waals surface area contributed by atoms with Gasteiger partial charge in [0.2, 0.25) is 4.96 Å². The van der Waals surface area contributed by atoms with E-state index in [4.69, 9.17) is 9.15 Å². The van der Waals surface area contributed by atoms with Gasteiger partial charge in [-0.3, -0.25) is 0 Å². The summed E-state index contributed by atoms with van der Waals surface area (Å²) < 4.78 is 12.0. The molecular weight excluding hydrogens is 228 g/mol. The van der Waals surface area contributed by atoms with Crippen molar-refractivity contribution in [2.24, 2.45) is 0 Å². The quantitative estimate of drug-likeness (QED) is 0.691. The molecule has 0 saturated carbocycles. The summed E-state index contributed by atoms with van der Waals surface area (Å²) in [7, 11) is 1.61. The number of rotatable bonds is 3. The Bertz CT molecular complexity index is 598. The van der Waals surface area contributed by atoms with Crippen LogP contribution in [0, 0.1) is 0 Å². The summed E-state index contributed by atoms with van der Waals surface area (Å²) in [5.74, 6) is 1.42. The molecule has 6 nitrogen and oxygen atoms in total. The van der Waals surface area contributed by atoms with Crippen molar-refractivity contribution in [2.45, 2.75) is 6.61 Å². The van der Waals surface area contributed by atoms with Gasteiger partial charge in [0.1, 0.15) is 6.61 Å². The first-order chi connectivity index (χ1) is 7.88. The Morgan fingerprint density at radius 1 is 1.50 bits per heavy atom. The lowest BCUT2D eigenvalue weighted by Gasteiger charge is -1.92. The molecule has 82 valence electrons. The zero-order valence-electron chi connectivity index (χ0n) is 8.45. The molecule has 3 aromatic heterocycles. The van der Waals surface area contributed by atoms with Crippen LogP contribution in [0.1, 0.15) is 5.82 Å². The number of nitrogens with zero attached hydrogens (tertiary/aromatic N) is 4. The van der Waals surface area contributed by atoms with Crippen LogP contribution < -0.4 is 0 Å². The zero-order valence-corrected chi connectivity index (χ0v) is 9.27. The van der Waals surface area contributed by atoms with Crippen LogP contribution in [-0.4, -0.2) is 26.9 Å². The topological polar surface area (TPSA) is 65.5 Å². The number of fused-ring (bicyclic) bond motifs is 1. The van der Waals surface area contributed by atoms with E-state index < -0.39 is 0 Å². The third kappa shape index (κ3) is 1.41. The van der Waals surface area contributed by atoms with Gasteiger partial charge in [-0.25, -0.2) is 0 Å². The van der Waals surface area contributed by atoms with Gasteiger partial charge in [-0.1, -0.05) is 11.3 Å². The molecule has 0 radical (unpaired) electrons. The largest absolute Gasteiger partial charge is 0.462 e. The second-order valence-electron chi connectivity index (χ2n) is 3.13. The number of hydrogen-bond acceptors (Lipinski definition) is 6. The molecule has 0 atom stereocenters. The van der Waals surface area contributed by atoms with Crippen LogP contribution in [0.15, 0.2) is 22.8 Å². The van der Waals surface area contributed by atoms with E-state index in [1.165, 1.54) is 11.3 Å². The van der Waals surface area contributed by atoms with Gasteiger partial charge in [0.05, 0.1) is 6.26 Å². The highest BCUT2D eigenvalue weighted by Gasteiger charge is 2.13. The van der Waals surface area contributed by atoms with Gasteiger partial charge >= 0.3 is 0 Å². The van der Waals surface area contributed by atoms with Gasteiger partial charge in [-0.05, 0) is 12.1 Å². The molecule has 0 saturated heterocycles. The van der Waals surface area contributed by atoms with E-state index in [1.807, 2.05) is 12.1 Å². The van der Waals surface area contributed by atoms with Crippen LogP contribution >= 0.6 is 11.3 Å². The van der Waals surface area contributed by atoms with E-state index in [0.717, 1.165) is 15.7 Å². The normalized spacial score (nSPS) is 11.3. The Labute approximate surface area is 94.5 Å². The first-order valence-corrected chi connectivity index (χ1v) is 5.44. The van der Waals surface area contributed by atoms with Crippen molar-refractivity contribution in [3.05, 3.63) is 24.2 Å². The number of aromatic nitrogens is 4. The van der Waals surface area contributed by atoms with Crippen molar-refractivity contribution in [1.82, 2.24) is 19.8 Å². The number of furan rings is 1. The highest BCUT2D eigenvalue weighted by Crippen LogP contribution is 2.25. The maximum atomic E-state index is 5.27. The highest BCUT2D eigenvalue weighted by atomic mass is 32.1. The first-order valence-electron chi connectivity index (χ1n) is 4.62. The van der Waals surface area contributed by atoms with Gasteiger partial charge in [0.25, 0.3) is 0 Å². The van der Waals surface area contributed by atoms with Crippen LogP contribution in [0.25, 0.3) is 15.7 Å². The Morgan fingerprint density at radius 3 is 3.19 bits per heavy atom. The molecule has 3 rings (SSSR count). The van der Waals surface area contributed by atoms with Crippen LogP contribution in [0.4, 0.5) is 0 Å². The standard InChI is InChI=1S/C9H8N4O2S/c1-14-5-7-10-11-9-13(7)12-8(16-9)6-3-2-4-15-6/h2-4H,5H2,1H3. The summed E-state index contributed by atoms with van der Waals surface area (Å²) in [6.45, 7) is 0.391. The maximum Gasteiger partial charge on any atom is 0.235 e. The minimum absolute atomic E-state index is 0.391. The fraction of sp³-hybridized carbons (Fsp3) is 0.222. The van der Waals surface area contributed by atoms with Crippen molar-refractivity contribution >= 4 is 16.3 Å². The maximum absolute atomic E-state index is 5.27. The van der Waals surface area contributed by atoms with Crippen molar-refractivity contribution in [2.75, 3.05) is 7.11 Å². The van der Waals surface area contributed by atoms with Crippen molar-refractivity contribution < 1.29 is 9.15 Å². The van der Waals surface area contributed by atoms with E-state index in [1.54, 1.807) is 17.9 Å². The highest BCUT2D eigenvalue weighted by molar-refractivity contribution is 7.19. The van der Waals surface area contributed by atoms with Gasteiger partial charge in [-0.2, -0.15) is 4.52 Å². The number of ether oxygens (including phenoxy) is 1. The minimum Gasteiger partial charge on any atom is -0.462 e. The molecule has 0 amide bonds. The predicted octanol–water partition coefficient (Wildman–Crippen LogP) is 1.59. The molecule has 0 aliphatic rings. The summed E-state index contributed by atoms with van der Waals surface area (Å²) in [5.41, 5.74) is 0. The first kappa shape index (κ1) is 9.49. The predicted molar refractivity (Wildman–Crippen MR) is 57.1 cm³/mol. The summed E-state index contributed by atoms with van der Waals surface area (Å²) in [6, 6.07) is 3.69. The molecule has 3 heterocycles. The lowest BCUT2D eigenvalue weighted by molar-refractivity contribution is 0.176. The van der Waals surface area contributed by atoms with Gasteiger partial charge in [-0.15, -0.1) is 15.3 Å². The molecule has 0 bridgehead atoms. The molecule has 0 N–H and O–H groups in total. The monoisotopic (exact) mass is 236 g/mol. The van der Waals surface area contributed by atoms with E-state index in [9.17, 15) is 0 Å². The van der Waals surface area contributed by atoms with Crippen LogP contribution in [0.5, 0.6) is 0 Å². The van der Waals surface area contributed by atoms with Gasteiger partial charge < -0.3 is 9.15 Å². The average Bonchev–Trinajstić information content (AvgIpc) is 2.93. The molecular formula is C9H8N4O2S. The van der Waals surface area contributed by atoms with Crippen LogP contribution in [0.2, 0.25) is 0 Å². The van der Waals surface area contributed by atoms with E-state index in [0.29, 0.717) is 12.4 Å². The fourth-order valence-electron chi connectivity index (χ4n) is 1.38. The third-order valence-corrected chi connectivity index (χ3v) is 2.97. The van der Waals surface area contributed by atoms with Gasteiger partial charge in [0, 0.05) is 7.11 Å². The minimum atomic E-state index is 0.391. The summed E-state index contributed by atoms with van der Waals surface area (Å²) >= 11 is 1.43. The molecule has 0 unspecified atom stereocenters. The second-order valence-corrected chi connectivity index (χ2v) is 4.08. The summed E-state index contributed by atoms with van der Waals surface area (Å²) in [5, 5.41) is 13.1. The molecule has 3 aromatic rings. The Hall–Kier alpha value is -1.73. The zero-order chi connectivity index (χ0) is 11.0. The van der Waals surface area contributed by atoms with E-state index in [-0.39, 0.29) is 0 Å². The Balaban J connectivity index is 2.09. The fourth-order valence-corrected chi connectivity index (χ4v) is 2.20. The summed E-state index contributed by atoms with van der Waals surface area (Å²) in [4.78, 5) is 0.735. The van der Waals surface area contributed by atoms with E-state index >= 15 is 0 Å². The van der Waals surface area contributed by atoms with Crippen LogP contribution in [0.3, 0.4) is 0 Å². The van der Waals surface area contributed by atoms with E-state index in [2.05, 4.69) is 15.3 Å². The van der Waals surface area contributed by atoms with Crippen LogP contribution in [-0.2, 0) is 11.3 Å². The number of hydrogen-bond donors (Lipinski definition) is 0. The SMILES string of the molecule is COCc1nnc2sc(-c3ccco3)nn12. The Morgan fingerprint density at radius 2 is 2.44 bits per heavy atom. The lowest BCUT2D eigenvalue weighted by atomic mass is 10.5. The molecule has 16 heavy (non-hydrogen) atoms. The Kier molecular flexibility index (Phi) is 2.19. The van der Waals surface area contributed by atoms with Crippen molar-refractivity contribution in [3.63, 3.8) is 0 Å². The molecule has 0 spiro atoms. The second kappa shape index (κ2) is 3.69. The van der Waals surface area contributed by atoms with Crippen molar-refractivity contribution in [1.29, 1.82) is 0 Å². The molecule has 7 heteroatoms. The lowest BCUT2D eigenvalue weighted by Crippen LogP contribution is -1.97. The van der Waals surface area contributed by atoms with Crippen molar-refractivity contribution in [3.8, 4) is 10.8 Å². The molecule has 0 aromatic carbocycles. The third-order valence-electron chi connectivity index (χ3n) is 2.06. The molecule has 0 aliphatic heterocycles. The average molecular weight is 236 g/mol. The molecule has 0 fully saturated rings. The number of methoxy groups -OCH3 is 1. The summed E-state index contributed by atoms with van der Waals surface area (Å²) in [6.07, 6.45) is 1.62. The molecule has 0 aliphatic carbocycles. The van der Waals surface area contributed by atoms with Gasteiger partial charge in [0.15, 0.2) is 16.6 Å². The smallest absolute Gasteiger partial charge is 0.235 e.